The highest BCUT2D eigenvalue weighted by Gasteiger charge is 2.16. The van der Waals surface area contributed by atoms with E-state index in [0.717, 1.165) is 0 Å². The molecule has 1 aromatic carbocycles. The fourth-order valence-corrected chi connectivity index (χ4v) is 1.40. The molecule has 1 unspecified atom stereocenters. The van der Waals surface area contributed by atoms with E-state index in [9.17, 15) is 13.6 Å². The lowest BCUT2D eigenvalue weighted by Crippen LogP contribution is -2.22. The Kier molecular flexibility index (Phi) is 5.82. The van der Waals surface area contributed by atoms with Crippen LogP contribution in [0.2, 0.25) is 0 Å². The molecule has 4 nitrogen and oxygen atoms in total. The Morgan fingerprint density at radius 3 is 2.68 bits per heavy atom. The third-order valence-electron chi connectivity index (χ3n) is 2.34. The Morgan fingerprint density at radius 1 is 1.47 bits per heavy atom. The van der Waals surface area contributed by atoms with Crippen LogP contribution in [-0.2, 0) is 4.79 Å². The van der Waals surface area contributed by atoms with Crippen LogP contribution in [0.3, 0.4) is 0 Å². The number of methoxy groups -OCH3 is 1. The van der Waals surface area contributed by atoms with Gasteiger partial charge >= 0.3 is 6.61 Å². The van der Waals surface area contributed by atoms with Crippen molar-refractivity contribution in [3.05, 3.63) is 18.2 Å². The molecule has 1 aromatic rings. The van der Waals surface area contributed by atoms with Crippen LogP contribution in [-0.4, -0.2) is 25.5 Å². The Labute approximate surface area is 114 Å². The maximum atomic E-state index is 12.3. The van der Waals surface area contributed by atoms with Crippen LogP contribution in [0.25, 0.3) is 0 Å². The second-order valence-corrected chi connectivity index (χ2v) is 4.09. The third kappa shape index (κ3) is 4.55. The molecule has 0 saturated heterocycles. The summed E-state index contributed by atoms with van der Waals surface area (Å²) in [6.07, 6.45) is 0. The molecule has 0 heterocycles. The zero-order valence-corrected chi connectivity index (χ0v) is 11.2. The summed E-state index contributed by atoms with van der Waals surface area (Å²) < 4.78 is 33.8. The van der Waals surface area contributed by atoms with Crippen molar-refractivity contribution in [1.82, 2.24) is 0 Å². The second kappa shape index (κ2) is 7.13. The minimum Gasteiger partial charge on any atom is -0.497 e. The van der Waals surface area contributed by atoms with Gasteiger partial charge in [0.25, 0.3) is 0 Å². The lowest BCUT2D eigenvalue weighted by molar-refractivity contribution is -0.118. The summed E-state index contributed by atoms with van der Waals surface area (Å²) in [5.41, 5.74) is 0.113. The van der Waals surface area contributed by atoms with Gasteiger partial charge < -0.3 is 14.8 Å². The average Bonchev–Trinajstić information content (AvgIpc) is 2.39. The number of hydrogen-bond acceptors (Lipinski definition) is 3. The molecule has 19 heavy (non-hydrogen) atoms. The van der Waals surface area contributed by atoms with Crippen LogP contribution < -0.4 is 14.8 Å². The van der Waals surface area contributed by atoms with Gasteiger partial charge in [-0.15, -0.1) is 11.6 Å². The van der Waals surface area contributed by atoms with Gasteiger partial charge in [0.1, 0.15) is 11.5 Å². The number of rotatable bonds is 6. The zero-order chi connectivity index (χ0) is 14.4. The molecule has 0 aliphatic carbocycles. The van der Waals surface area contributed by atoms with Crippen molar-refractivity contribution >= 4 is 23.2 Å². The fourth-order valence-electron chi connectivity index (χ4n) is 1.26. The predicted molar refractivity (Wildman–Crippen MR) is 68.1 cm³/mol. The lowest BCUT2D eigenvalue weighted by Gasteiger charge is -2.14. The molecule has 106 valence electrons. The highest BCUT2D eigenvalue weighted by molar-refractivity contribution is 6.19. The van der Waals surface area contributed by atoms with Gasteiger partial charge in [-0.3, -0.25) is 4.79 Å². The summed E-state index contributed by atoms with van der Waals surface area (Å²) in [6.45, 7) is -1.36. The van der Waals surface area contributed by atoms with E-state index in [-0.39, 0.29) is 23.2 Å². The van der Waals surface area contributed by atoms with Crippen molar-refractivity contribution in [2.75, 3.05) is 18.3 Å². The molecule has 1 atom stereocenters. The van der Waals surface area contributed by atoms with Crippen LogP contribution in [0.1, 0.15) is 6.92 Å². The highest BCUT2D eigenvalue weighted by Crippen LogP contribution is 2.30. The molecule has 0 radical (unpaired) electrons. The Bertz CT molecular complexity index is 443. The number of ether oxygens (including phenoxy) is 2. The van der Waals surface area contributed by atoms with Gasteiger partial charge in [0.2, 0.25) is 5.91 Å². The average molecular weight is 294 g/mol. The highest BCUT2D eigenvalue weighted by atomic mass is 35.5. The van der Waals surface area contributed by atoms with Crippen LogP contribution in [0, 0.1) is 5.92 Å². The molecule has 0 aliphatic heterocycles. The number of halogens is 3. The van der Waals surface area contributed by atoms with Gasteiger partial charge in [0.15, 0.2) is 0 Å². The van der Waals surface area contributed by atoms with Crippen LogP contribution in [0.5, 0.6) is 11.5 Å². The van der Waals surface area contributed by atoms with Crippen LogP contribution in [0.15, 0.2) is 18.2 Å². The van der Waals surface area contributed by atoms with Gasteiger partial charge in [-0.05, 0) is 12.1 Å². The summed E-state index contributed by atoms with van der Waals surface area (Å²) in [5, 5.41) is 2.48. The lowest BCUT2D eigenvalue weighted by atomic mass is 10.2. The Balaban J connectivity index is 2.97. The van der Waals surface area contributed by atoms with Crippen molar-refractivity contribution in [3.63, 3.8) is 0 Å². The first-order valence-electron chi connectivity index (χ1n) is 5.47. The number of carbonyl (C=O) groups excluding carboxylic acids is 1. The summed E-state index contributed by atoms with van der Waals surface area (Å²) >= 11 is 5.56. The van der Waals surface area contributed by atoms with Gasteiger partial charge in [0, 0.05) is 17.9 Å². The quantitative estimate of drug-likeness (QED) is 0.820. The van der Waals surface area contributed by atoms with E-state index in [0.29, 0.717) is 5.75 Å². The smallest absolute Gasteiger partial charge is 0.387 e. The molecule has 1 rings (SSSR count). The molecule has 0 spiro atoms. The van der Waals surface area contributed by atoms with E-state index in [2.05, 4.69) is 10.1 Å². The normalized spacial score (nSPS) is 12.1. The van der Waals surface area contributed by atoms with Crippen LogP contribution >= 0.6 is 11.6 Å². The molecular formula is C12H14ClF2NO3. The molecule has 0 fully saturated rings. The number of alkyl halides is 3. The van der Waals surface area contributed by atoms with Gasteiger partial charge in [0.05, 0.1) is 12.8 Å². The van der Waals surface area contributed by atoms with Crippen molar-refractivity contribution < 1.29 is 23.0 Å². The largest absolute Gasteiger partial charge is 0.497 e. The number of benzene rings is 1. The molecule has 0 saturated carbocycles. The van der Waals surface area contributed by atoms with Gasteiger partial charge in [-0.25, -0.2) is 0 Å². The number of nitrogens with one attached hydrogen (secondary N) is 1. The SMILES string of the molecule is COc1ccc(OC(F)F)c(NC(=O)C(C)CCl)c1. The first-order chi connectivity index (χ1) is 8.97. The number of carbonyl (C=O) groups is 1. The number of hydrogen-bond donors (Lipinski definition) is 1. The summed E-state index contributed by atoms with van der Waals surface area (Å²) in [5.74, 6) is -0.433. The molecule has 7 heteroatoms. The van der Waals surface area contributed by atoms with E-state index in [1.54, 1.807) is 6.92 Å². The molecule has 0 bridgehead atoms. The Hall–Kier alpha value is -1.56. The van der Waals surface area contributed by atoms with Crippen molar-refractivity contribution in [3.8, 4) is 11.5 Å². The Morgan fingerprint density at radius 2 is 2.16 bits per heavy atom. The summed E-state index contributed by atoms with van der Waals surface area (Å²) in [6, 6.07) is 4.15. The van der Waals surface area contributed by atoms with Crippen molar-refractivity contribution in [1.29, 1.82) is 0 Å². The predicted octanol–water partition coefficient (Wildman–Crippen LogP) is 3.11. The van der Waals surface area contributed by atoms with Crippen molar-refractivity contribution in [2.24, 2.45) is 5.92 Å². The topological polar surface area (TPSA) is 47.6 Å². The first kappa shape index (κ1) is 15.5. The molecule has 1 amide bonds. The van der Waals surface area contributed by atoms with E-state index in [1.807, 2.05) is 0 Å². The maximum absolute atomic E-state index is 12.3. The van der Waals surface area contributed by atoms with Crippen LogP contribution in [0.4, 0.5) is 14.5 Å². The summed E-state index contributed by atoms with van der Waals surface area (Å²) in [7, 11) is 1.43. The first-order valence-corrected chi connectivity index (χ1v) is 6.01. The zero-order valence-electron chi connectivity index (χ0n) is 10.5. The molecule has 0 aromatic heterocycles. The summed E-state index contributed by atoms with van der Waals surface area (Å²) in [4.78, 5) is 11.7. The minimum absolute atomic E-state index is 0.113. The standard InChI is InChI=1S/C12H14ClF2NO3/c1-7(6-13)11(17)16-9-5-8(18-2)3-4-10(9)19-12(14)15/h3-5,7,12H,6H2,1-2H3,(H,16,17). The molecule has 0 aliphatic rings. The number of amides is 1. The third-order valence-corrected chi connectivity index (χ3v) is 2.80. The van der Waals surface area contributed by atoms with Crippen molar-refractivity contribution in [2.45, 2.75) is 13.5 Å². The van der Waals surface area contributed by atoms with E-state index in [4.69, 9.17) is 16.3 Å². The maximum Gasteiger partial charge on any atom is 0.387 e. The number of anilines is 1. The second-order valence-electron chi connectivity index (χ2n) is 3.79. The molecular weight excluding hydrogens is 280 g/mol. The van der Waals surface area contributed by atoms with E-state index in [1.165, 1.54) is 25.3 Å². The monoisotopic (exact) mass is 293 g/mol. The van der Waals surface area contributed by atoms with Gasteiger partial charge in [-0.1, -0.05) is 6.92 Å². The van der Waals surface area contributed by atoms with E-state index >= 15 is 0 Å². The minimum atomic E-state index is -2.98. The molecule has 1 N–H and O–H groups in total. The fraction of sp³-hybridized carbons (Fsp3) is 0.417. The van der Waals surface area contributed by atoms with Gasteiger partial charge in [-0.2, -0.15) is 8.78 Å². The van der Waals surface area contributed by atoms with E-state index < -0.39 is 12.5 Å².